The minimum absolute atomic E-state index is 0.00354. The van der Waals surface area contributed by atoms with Crippen LogP contribution in [0.2, 0.25) is 0 Å². The monoisotopic (exact) mass is 362 g/mol. The Morgan fingerprint density at radius 3 is 2.58 bits per heavy atom. The van der Waals surface area contributed by atoms with E-state index in [1.807, 2.05) is 42.6 Å². The molecule has 0 aliphatic carbocycles. The molecule has 0 atom stereocenters. The van der Waals surface area contributed by atoms with Crippen LogP contribution in [0.25, 0.3) is 10.2 Å². The number of aromatic nitrogens is 2. The Morgan fingerprint density at radius 1 is 1.17 bits per heavy atom. The van der Waals surface area contributed by atoms with Crippen molar-refractivity contribution in [1.29, 1.82) is 0 Å². The van der Waals surface area contributed by atoms with Gasteiger partial charge in [-0.25, -0.2) is 4.98 Å². The minimum atomic E-state index is -0.00354. The van der Waals surface area contributed by atoms with Crippen molar-refractivity contribution in [3.05, 3.63) is 46.1 Å². The number of ether oxygens (including phenoxy) is 2. The van der Waals surface area contributed by atoms with E-state index in [0.717, 1.165) is 16.3 Å². The first-order chi connectivity index (χ1) is 11.7. The maximum atomic E-state index is 12.2. The number of nitrogens with zero attached hydrogens (tertiary/aromatic N) is 2. The Balaban J connectivity index is 1.57. The lowest BCUT2D eigenvalue weighted by atomic mass is 10.3. The Hall–Kier alpha value is -1.99. The van der Waals surface area contributed by atoms with Crippen molar-refractivity contribution in [3.63, 3.8) is 0 Å². The highest BCUT2D eigenvalue weighted by molar-refractivity contribution is 7.99. The van der Waals surface area contributed by atoms with Crippen molar-refractivity contribution in [2.75, 3.05) is 19.0 Å². The molecular formula is C17H18N2O3S2. The van der Waals surface area contributed by atoms with Crippen molar-refractivity contribution >= 4 is 33.3 Å². The number of benzene rings is 1. The average Bonchev–Trinajstić information content (AvgIpc) is 3.06. The van der Waals surface area contributed by atoms with Crippen molar-refractivity contribution in [2.45, 2.75) is 12.1 Å². The van der Waals surface area contributed by atoms with Crippen LogP contribution in [0, 0.1) is 0 Å². The summed E-state index contributed by atoms with van der Waals surface area (Å²) in [7, 11) is 1.75. The lowest BCUT2D eigenvalue weighted by molar-refractivity contribution is 0.332. The van der Waals surface area contributed by atoms with E-state index >= 15 is 0 Å². The van der Waals surface area contributed by atoms with Crippen LogP contribution in [0.4, 0.5) is 0 Å². The molecule has 7 heteroatoms. The van der Waals surface area contributed by atoms with Gasteiger partial charge in [0, 0.05) is 12.8 Å². The van der Waals surface area contributed by atoms with Gasteiger partial charge in [0.15, 0.2) is 5.16 Å². The van der Waals surface area contributed by atoms with Gasteiger partial charge in [-0.2, -0.15) is 0 Å². The maximum Gasteiger partial charge on any atom is 0.262 e. The highest BCUT2D eigenvalue weighted by Crippen LogP contribution is 2.21. The summed E-state index contributed by atoms with van der Waals surface area (Å²) in [5, 5.41) is 3.28. The molecule has 1 aromatic carbocycles. The first-order valence-electron chi connectivity index (χ1n) is 7.61. The predicted molar refractivity (Wildman–Crippen MR) is 98.7 cm³/mol. The number of rotatable bonds is 7. The van der Waals surface area contributed by atoms with E-state index < -0.39 is 0 Å². The summed E-state index contributed by atoms with van der Waals surface area (Å²) in [6.45, 7) is 3.14. The Labute approximate surface area is 148 Å². The fraction of sp³-hybridized carbons (Fsp3) is 0.294. The lowest BCUT2D eigenvalue weighted by Crippen LogP contribution is -2.19. The number of thioether (sulfide) groups is 1. The van der Waals surface area contributed by atoms with Crippen LogP contribution in [0.15, 0.2) is 45.7 Å². The molecule has 24 heavy (non-hydrogen) atoms. The molecule has 0 bridgehead atoms. The lowest BCUT2D eigenvalue weighted by Gasteiger charge is -2.09. The van der Waals surface area contributed by atoms with Gasteiger partial charge in [0.2, 0.25) is 0 Å². The molecule has 0 fully saturated rings. The van der Waals surface area contributed by atoms with Gasteiger partial charge in [-0.15, -0.1) is 11.3 Å². The van der Waals surface area contributed by atoms with Crippen LogP contribution in [0.5, 0.6) is 11.5 Å². The molecule has 0 N–H and O–H groups in total. The smallest absolute Gasteiger partial charge is 0.262 e. The standard InChI is InChI=1S/C17H18N2O3S2/c1-3-21-12-4-6-13(7-5-12)22-9-11-24-17-18-15-14(8-10-23-15)16(20)19(17)2/h4-8,10H,3,9,11H2,1-2H3. The van der Waals surface area contributed by atoms with E-state index in [4.69, 9.17) is 9.47 Å². The maximum absolute atomic E-state index is 12.2. The summed E-state index contributed by atoms with van der Waals surface area (Å²) < 4.78 is 12.7. The van der Waals surface area contributed by atoms with Gasteiger partial charge in [0.1, 0.15) is 16.3 Å². The molecule has 0 amide bonds. The van der Waals surface area contributed by atoms with Crippen molar-refractivity contribution < 1.29 is 9.47 Å². The molecule has 3 rings (SSSR count). The first kappa shape index (κ1) is 16.9. The molecular weight excluding hydrogens is 344 g/mol. The first-order valence-corrected chi connectivity index (χ1v) is 9.48. The zero-order chi connectivity index (χ0) is 16.9. The van der Waals surface area contributed by atoms with E-state index in [2.05, 4.69) is 4.98 Å². The number of hydrogen-bond donors (Lipinski definition) is 0. The summed E-state index contributed by atoms with van der Waals surface area (Å²) in [5.41, 5.74) is -0.00354. The zero-order valence-corrected chi connectivity index (χ0v) is 15.2. The van der Waals surface area contributed by atoms with Crippen molar-refractivity contribution in [3.8, 4) is 11.5 Å². The molecule has 0 spiro atoms. The molecule has 5 nitrogen and oxygen atoms in total. The van der Waals surface area contributed by atoms with E-state index in [9.17, 15) is 4.79 Å². The Morgan fingerprint density at radius 2 is 1.88 bits per heavy atom. The van der Waals surface area contributed by atoms with Crippen LogP contribution < -0.4 is 15.0 Å². The van der Waals surface area contributed by atoms with Gasteiger partial charge in [0.05, 0.1) is 18.6 Å². The molecule has 0 saturated heterocycles. The molecule has 0 unspecified atom stereocenters. The average molecular weight is 362 g/mol. The highest BCUT2D eigenvalue weighted by atomic mass is 32.2. The molecule has 0 saturated carbocycles. The topological polar surface area (TPSA) is 53.4 Å². The second kappa shape index (κ2) is 7.72. The largest absolute Gasteiger partial charge is 0.494 e. The SMILES string of the molecule is CCOc1ccc(OCCSc2nc3sccc3c(=O)n2C)cc1. The van der Waals surface area contributed by atoms with Gasteiger partial charge in [-0.3, -0.25) is 9.36 Å². The molecule has 126 valence electrons. The summed E-state index contributed by atoms with van der Waals surface area (Å²) in [4.78, 5) is 17.6. The summed E-state index contributed by atoms with van der Waals surface area (Å²) in [6, 6.07) is 9.38. The van der Waals surface area contributed by atoms with Gasteiger partial charge in [-0.1, -0.05) is 11.8 Å². The highest BCUT2D eigenvalue weighted by Gasteiger charge is 2.09. The van der Waals surface area contributed by atoms with Crippen LogP contribution in [-0.4, -0.2) is 28.5 Å². The molecule has 0 aliphatic rings. The Kier molecular flexibility index (Phi) is 5.42. The quantitative estimate of drug-likeness (QED) is 0.365. The van der Waals surface area contributed by atoms with Gasteiger partial charge in [0.25, 0.3) is 5.56 Å². The molecule has 3 aromatic rings. The third-order valence-corrected chi connectivity index (χ3v) is 5.18. The van der Waals surface area contributed by atoms with Crippen molar-refractivity contribution in [2.24, 2.45) is 7.05 Å². The normalized spacial score (nSPS) is 10.9. The molecule has 2 heterocycles. The molecule has 0 aliphatic heterocycles. The summed E-state index contributed by atoms with van der Waals surface area (Å²) in [5.74, 6) is 2.35. The third-order valence-electron chi connectivity index (χ3n) is 3.38. The molecule has 2 aromatic heterocycles. The van der Waals surface area contributed by atoms with Crippen LogP contribution in [-0.2, 0) is 7.05 Å². The predicted octanol–water partition coefficient (Wildman–Crippen LogP) is 3.56. The van der Waals surface area contributed by atoms with Crippen LogP contribution in [0.1, 0.15) is 6.92 Å². The van der Waals surface area contributed by atoms with E-state index in [1.54, 1.807) is 11.6 Å². The zero-order valence-electron chi connectivity index (χ0n) is 13.5. The Bertz CT molecular complexity index is 872. The number of fused-ring (bicyclic) bond motifs is 1. The number of hydrogen-bond acceptors (Lipinski definition) is 6. The summed E-state index contributed by atoms with van der Waals surface area (Å²) in [6.07, 6.45) is 0. The third kappa shape index (κ3) is 3.73. The fourth-order valence-corrected chi connectivity index (χ4v) is 3.79. The fourth-order valence-electron chi connectivity index (χ4n) is 2.20. The van der Waals surface area contributed by atoms with Gasteiger partial charge in [-0.05, 0) is 42.6 Å². The van der Waals surface area contributed by atoms with Gasteiger partial charge < -0.3 is 9.47 Å². The van der Waals surface area contributed by atoms with Crippen LogP contribution >= 0.6 is 23.1 Å². The second-order valence-electron chi connectivity index (χ2n) is 5.00. The van der Waals surface area contributed by atoms with E-state index in [-0.39, 0.29) is 5.56 Å². The van der Waals surface area contributed by atoms with E-state index in [1.165, 1.54) is 23.1 Å². The summed E-state index contributed by atoms with van der Waals surface area (Å²) >= 11 is 3.00. The van der Waals surface area contributed by atoms with Crippen molar-refractivity contribution in [1.82, 2.24) is 9.55 Å². The van der Waals surface area contributed by atoms with Gasteiger partial charge >= 0.3 is 0 Å². The van der Waals surface area contributed by atoms with Crippen LogP contribution in [0.3, 0.4) is 0 Å². The second-order valence-corrected chi connectivity index (χ2v) is 6.96. The number of thiophene rings is 1. The minimum Gasteiger partial charge on any atom is -0.494 e. The molecule has 0 radical (unpaired) electrons. The van der Waals surface area contributed by atoms with E-state index in [0.29, 0.717) is 29.5 Å².